The van der Waals surface area contributed by atoms with E-state index in [2.05, 4.69) is 15.0 Å². The van der Waals surface area contributed by atoms with Crippen molar-refractivity contribution < 1.29 is 9.32 Å². The molecule has 3 aliphatic rings. The summed E-state index contributed by atoms with van der Waals surface area (Å²) in [6, 6.07) is 0.0843. The number of hydrogen-bond donors (Lipinski definition) is 1. The second kappa shape index (κ2) is 8.87. The number of amides is 1. The van der Waals surface area contributed by atoms with Crippen LogP contribution >= 0.6 is 24.8 Å². The highest BCUT2D eigenvalue weighted by atomic mass is 35.5. The Bertz CT molecular complexity index is 604. The highest BCUT2D eigenvalue weighted by molar-refractivity contribution is 5.85. The SMILES string of the molecule is CCc1nc(CN2CCN(C(=O)C3C4CCC(C4)C3N)CC2)no1.Cl.Cl. The number of fused-ring (bicyclic) bond motifs is 2. The first-order valence-corrected chi connectivity index (χ1v) is 9.24. The molecule has 0 radical (unpaired) electrons. The number of carbonyl (C=O) groups excluding carboxylic acids is 1. The lowest BCUT2D eigenvalue weighted by Crippen LogP contribution is -2.53. The summed E-state index contributed by atoms with van der Waals surface area (Å²) in [5.41, 5.74) is 6.33. The normalized spacial score (nSPS) is 30.8. The van der Waals surface area contributed by atoms with E-state index in [0.717, 1.165) is 44.8 Å². The van der Waals surface area contributed by atoms with Crippen LogP contribution in [0.3, 0.4) is 0 Å². The maximum absolute atomic E-state index is 12.9. The van der Waals surface area contributed by atoms with Crippen LogP contribution in [0.15, 0.2) is 4.52 Å². The number of piperazine rings is 1. The first-order valence-electron chi connectivity index (χ1n) is 9.24. The van der Waals surface area contributed by atoms with Crippen molar-refractivity contribution >= 4 is 30.7 Å². The van der Waals surface area contributed by atoms with Crippen molar-refractivity contribution in [2.75, 3.05) is 26.2 Å². The van der Waals surface area contributed by atoms with Gasteiger partial charge in [0.05, 0.1) is 12.5 Å². The molecule has 1 aromatic rings. The molecule has 1 aromatic heterocycles. The first-order chi connectivity index (χ1) is 11.7. The van der Waals surface area contributed by atoms with Crippen molar-refractivity contribution in [2.45, 2.75) is 45.2 Å². The Hall–Kier alpha value is -0.890. The molecule has 4 rings (SSSR count). The minimum absolute atomic E-state index is 0. The predicted molar refractivity (Wildman–Crippen MR) is 102 cm³/mol. The van der Waals surface area contributed by atoms with E-state index >= 15 is 0 Å². The molecular formula is C17H29Cl2N5O2. The Morgan fingerprint density at radius 2 is 1.88 bits per heavy atom. The number of hydrogen-bond acceptors (Lipinski definition) is 6. The van der Waals surface area contributed by atoms with Gasteiger partial charge < -0.3 is 15.2 Å². The number of halogens is 2. The maximum atomic E-state index is 12.9. The lowest BCUT2D eigenvalue weighted by molar-refractivity contribution is -0.139. The zero-order chi connectivity index (χ0) is 16.7. The molecule has 0 spiro atoms. The van der Waals surface area contributed by atoms with E-state index in [1.807, 2.05) is 11.8 Å². The van der Waals surface area contributed by atoms with Crippen molar-refractivity contribution in [3.8, 4) is 0 Å². The second-order valence-electron chi connectivity index (χ2n) is 7.50. The van der Waals surface area contributed by atoms with E-state index in [9.17, 15) is 4.79 Å². The zero-order valence-corrected chi connectivity index (χ0v) is 16.8. The summed E-state index contributed by atoms with van der Waals surface area (Å²) < 4.78 is 5.16. The van der Waals surface area contributed by atoms with Crippen LogP contribution in [0.5, 0.6) is 0 Å². The van der Waals surface area contributed by atoms with Crippen LogP contribution in [-0.2, 0) is 17.8 Å². The molecule has 2 aliphatic carbocycles. The molecule has 26 heavy (non-hydrogen) atoms. The van der Waals surface area contributed by atoms with Gasteiger partial charge >= 0.3 is 0 Å². The van der Waals surface area contributed by atoms with E-state index < -0.39 is 0 Å². The van der Waals surface area contributed by atoms with Gasteiger partial charge in [0, 0.05) is 38.6 Å². The fourth-order valence-corrected chi connectivity index (χ4v) is 4.74. The van der Waals surface area contributed by atoms with Gasteiger partial charge in [0.2, 0.25) is 11.8 Å². The van der Waals surface area contributed by atoms with Crippen LogP contribution in [0.25, 0.3) is 0 Å². The molecule has 1 saturated heterocycles. The maximum Gasteiger partial charge on any atom is 0.227 e. The Kier molecular flexibility index (Phi) is 7.30. The third-order valence-corrected chi connectivity index (χ3v) is 6.13. The van der Waals surface area contributed by atoms with Gasteiger partial charge in [-0.2, -0.15) is 4.98 Å². The van der Waals surface area contributed by atoms with Crippen molar-refractivity contribution in [3.63, 3.8) is 0 Å². The van der Waals surface area contributed by atoms with Gasteiger partial charge in [-0.1, -0.05) is 12.1 Å². The lowest BCUT2D eigenvalue weighted by atomic mass is 9.84. The summed E-state index contributed by atoms with van der Waals surface area (Å²) in [6.07, 6.45) is 4.33. The number of nitrogens with zero attached hydrogens (tertiary/aromatic N) is 4. The summed E-state index contributed by atoms with van der Waals surface area (Å²) >= 11 is 0. The van der Waals surface area contributed by atoms with Crippen LogP contribution in [-0.4, -0.2) is 58.1 Å². The summed E-state index contributed by atoms with van der Waals surface area (Å²) in [6.45, 7) is 5.96. The van der Waals surface area contributed by atoms with Crippen molar-refractivity contribution in [1.29, 1.82) is 0 Å². The van der Waals surface area contributed by atoms with E-state index in [1.165, 1.54) is 12.8 Å². The molecule has 148 valence electrons. The largest absolute Gasteiger partial charge is 0.340 e. The van der Waals surface area contributed by atoms with Gasteiger partial charge in [0.15, 0.2) is 5.82 Å². The smallest absolute Gasteiger partial charge is 0.227 e. The number of nitrogens with two attached hydrogens (primary N) is 1. The van der Waals surface area contributed by atoms with Gasteiger partial charge in [-0.3, -0.25) is 9.69 Å². The Morgan fingerprint density at radius 3 is 2.46 bits per heavy atom. The van der Waals surface area contributed by atoms with Gasteiger partial charge in [0.25, 0.3) is 0 Å². The summed E-state index contributed by atoms with van der Waals surface area (Å²) in [5.74, 6) is 2.89. The van der Waals surface area contributed by atoms with Gasteiger partial charge in [0.1, 0.15) is 0 Å². The molecule has 3 fully saturated rings. The molecular weight excluding hydrogens is 377 g/mol. The molecule has 0 aromatic carbocycles. The molecule has 2 N–H and O–H groups in total. The highest BCUT2D eigenvalue weighted by Crippen LogP contribution is 2.48. The van der Waals surface area contributed by atoms with E-state index in [1.54, 1.807) is 0 Å². The fraction of sp³-hybridized carbons (Fsp3) is 0.824. The lowest BCUT2D eigenvalue weighted by Gasteiger charge is -2.38. The molecule has 9 heteroatoms. The van der Waals surface area contributed by atoms with E-state index in [-0.39, 0.29) is 36.8 Å². The topological polar surface area (TPSA) is 88.5 Å². The quantitative estimate of drug-likeness (QED) is 0.815. The van der Waals surface area contributed by atoms with E-state index in [4.69, 9.17) is 10.3 Å². The molecule has 2 saturated carbocycles. The fourth-order valence-electron chi connectivity index (χ4n) is 4.74. The average Bonchev–Trinajstić information content (AvgIpc) is 3.31. The average molecular weight is 406 g/mol. The molecule has 1 amide bonds. The number of aryl methyl sites for hydroxylation is 1. The molecule has 4 atom stereocenters. The second-order valence-corrected chi connectivity index (χ2v) is 7.50. The van der Waals surface area contributed by atoms with E-state index in [0.29, 0.717) is 30.2 Å². The van der Waals surface area contributed by atoms with Gasteiger partial charge in [-0.25, -0.2) is 0 Å². The molecule has 1 aliphatic heterocycles. The standard InChI is InChI=1S/C17H27N5O2.2ClH/c1-2-14-19-13(20-24-14)10-21-5-7-22(8-6-21)17(23)15-11-3-4-12(9-11)16(15)18;;/h11-12,15-16H,2-10,18H2,1H3;2*1H. The van der Waals surface area contributed by atoms with Crippen LogP contribution in [0.4, 0.5) is 0 Å². The number of rotatable bonds is 4. The van der Waals surface area contributed by atoms with Crippen molar-refractivity contribution in [2.24, 2.45) is 23.5 Å². The molecule has 2 bridgehead atoms. The third kappa shape index (κ3) is 4.01. The van der Waals surface area contributed by atoms with Crippen LogP contribution in [0, 0.1) is 17.8 Å². The Balaban J connectivity index is 0.00000121. The zero-order valence-electron chi connectivity index (χ0n) is 15.2. The van der Waals surface area contributed by atoms with Crippen LogP contribution in [0.2, 0.25) is 0 Å². The predicted octanol–water partition coefficient (Wildman–Crippen LogP) is 1.49. The van der Waals surface area contributed by atoms with Crippen LogP contribution < -0.4 is 5.73 Å². The summed E-state index contributed by atoms with van der Waals surface area (Å²) in [4.78, 5) is 21.6. The Morgan fingerprint density at radius 1 is 1.19 bits per heavy atom. The van der Waals surface area contributed by atoms with Crippen molar-refractivity contribution in [1.82, 2.24) is 19.9 Å². The number of aromatic nitrogens is 2. The van der Waals surface area contributed by atoms with Crippen LogP contribution in [0.1, 0.15) is 37.9 Å². The summed E-state index contributed by atoms with van der Waals surface area (Å²) in [5, 5.41) is 4.01. The monoisotopic (exact) mass is 405 g/mol. The highest BCUT2D eigenvalue weighted by Gasteiger charge is 2.50. The Labute approximate surface area is 166 Å². The molecule has 4 unspecified atom stereocenters. The third-order valence-electron chi connectivity index (χ3n) is 6.13. The van der Waals surface area contributed by atoms with Gasteiger partial charge in [-0.15, -0.1) is 24.8 Å². The molecule has 2 heterocycles. The minimum atomic E-state index is 0. The number of carbonyl (C=O) groups is 1. The first kappa shape index (κ1) is 21.4. The minimum Gasteiger partial charge on any atom is -0.340 e. The van der Waals surface area contributed by atoms with Crippen molar-refractivity contribution in [3.05, 3.63) is 11.7 Å². The summed E-state index contributed by atoms with van der Waals surface area (Å²) in [7, 11) is 0. The molecule has 7 nitrogen and oxygen atoms in total. The van der Waals surface area contributed by atoms with Gasteiger partial charge in [-0.05, 0) is 31.1 Å².